The molecule has 0 saturated carbocycles. The quantitative estimate of drug-likeness (QED) is 0.496. The zero-order chi connectivity index (χ0) is 23.5. The van der Waals surface area contributed by atoms with Gasteiger partial charge in [-0.15, -0.1) is 0 Å². The van der Waals surface area contributed by atoms with Crippen LogP contribution in [-0.4, -0.2) is 51.8 Å². The Kier molecular flexibility index (Phi) is 6.99. The second kappa shape index (κ2) is 9.53. The molecule has 0 saturated heterocycles. The standard InChI is InChI=1S/C21H24N4O6S/c1-11(26)24-19-25-14-10-30-17(16(28)18(14)32-19)15(27)12-5-6-13(23-9-12)7-8-22-20(29)31-21(2,3)4/h5-6,9,17H,7-8,10H2,1-4H3,(H,22,29)(H,24,25,26). The molecule has 170 valence electrons. The maximum Gasteiger partial charge on any atom is 0.407 e. The first-order valence-electron chi connectivity index (χ1n) is 9.92. The Morgan fingerprint density at radius 1 is 1.28 bits per heavy atom. The number of ether oxygens (including phenoxy) is 2. The number of hydrogen-bond acceptors (Lipinski definition) is 9. The van der Waals surface area contributed by atoms with Gasteiger partial charge in [0.2, 0.25) is 17.5 Å². The second-order valence-electron chi connectivity index (χ2n) is 8.11. The SMILES string of the molecule is CC(=O)Nc1nc2c(s1)C(=O)C(C(=O)c1ccc(CCNC(=O)OC(C)(C)C)nc1)OC2. The van der Waals surface area contributed by atoms with E-state index in [1.165, 1.54) is 13.1 Å². The van der Waals surface area contributed by atoms with Crippen LogP contribution in [0.4, 0.5) is 9.93 Å². The summed E-state index contributed by atoms with van der Waals surface area (Å²) >= 11 is 1.02. The lowest BCUT2D eigenvalue weighted by atomic mass is 10.0. The van der Waals surface area contributed by atoms with Crippen LogP contribution < -0.4 is 10.6 Å². The van der Waals surface area contributed by atoms with Crippen molar-refractivity contribution in [2.24, 2.45) is 0 Å². The Labute approximate surface area is 188 Å². The number of thiazole rings is 1. The third kappa shape index (κ3) is 5.95. The number of ketones is 2. The molecule has 0 aliphatic carbocycles. The predicted octanol–water partition coefficient (Wildman–Crippen LogP) is 2.53. The molecule has 3 rings (SSSR count). The van der Waals surface area contributed by atoms with Crippen molar-refractivity contribution >= 4 is 40.0 Å². The summed E-state index contributed by atoms with van der Waals surface area (Å²) in [6, 6.07) is 3.23. The number of alkyl carbamates (subject to hydrolysis) is 1. The summed E-state index contributed by atoms with van der Waals surface area (Å²) in [5.41, 5.74) is 0.730. The summed E-state index contributed by atoms with van der Waals surface area (Å²) < 4.78 is 10.6. The van der Waals surface area contributed by atoms with Crippen LogP contribution in [0.5, 0.6) is 0 Å². The smallest absolute Gasteiger partial charge is 0.407 e. The van der Waals surface area contributed by atoms with Gasteiger partial charge in [0.1, 0.15) is 10.5 Å². The van der Waals surface area contributed by atoms with Crippen LogP contribution in [-0.2, 0) is 27.3 Å². The van der Waals surface area contributed by atoms with Crippen LogP contribution in [0.1, 0.15) is 59.1 Å². The number of Topliss-reactive ketones (excluding diaryl/α,β-unsaturated/α-hetero) is 2. The molecular formula is C21H24N4O6S. The van der Waals surface area contributed by atoms with E-state index in [-0.39, 0.29) is 18.1 Å². The fraction of sp³-hybridized carbons (Fsp3) is 0.429. The van der Waals surface area contributed by atoms with Gasteiger partial charge in [0.15, 0.2) is 11.2 Å². The van der Waals surface area contributed by atoms with Gasteiger partial charge in [-0.25, -0.2) is 9.78 Å². The van der Waals surface area contributed by atoms with E-state index >= 15 is 0 Å². The molecule has 0 bridgehead atoms. The topological polar surface area (TPSA) is 137 Å². The summed E-state index contributed by atoms with van der Waals surface area (Å²) in [5, 5.41) is 5.46. The fourth-order valence-electron chi connectivity index (χ4n) is 2.87. The first kappa shape index (κ1) is 23.5. The van der Waals surface area contributed by atoms with Gasteiger partial charge >= 0.3 is 6.09 Å². The van der Waals surface area contributed by atoms with Crippen LogP contribution in [0.15, 0.2) is 18.3 Å². The minimum Gasteiger partial charge on any atom is -0.444 e. The number of aromatic nitrogens is 2. The van der Waals surface area contributed by atoms with Crippen molar-refractivity contribution in [1.29, 1.82) is 0 Å². The molecule has 0 spiro atoms. The first-order valence-corrected chi connectivity index (χ1v) is 10.7. The zero-order valence-corrected chi connectivity index (χ0v) is 19.0. The van der Waals surface area contributed by atoms with Crippen LogP contribution in [0.2, 0.25) is 0 Å². The van der Waals surface area contributed by atoms with Crippen molar-refractivity contribution in [3.63, 3.8) is 0 Å². The molecule has 2 N–H and O–H groups in total. The molecule has 32 heavy (non-hydrogen) atoms. The monoisotopic (exact) mass is 460 g/mol. The van der Waals surface area contributed by atoms with E-state index < -0.39 is 29.4 Å². The van der Waals surface area contributed by atoms with E-state index in [1.54, 1.807) is 32.9 Å². The number of fused-ring (bicyclic) bond motifs is 1. The number of rotatable bonds is 6. The lowest BCUT2D eigenvalue weighted by Crippen LogP contribution is -2.36. The van der Waals surface area contributed by atoms with Crippen molar-refractivity contribution in [2.75, 3.05) is 11.9 Å². The van der Waals surface area contributed by atoms with Crippen LogP contribution in [0, 0.1) is 0 Å². The molecule has 3 heterocycles. The average Bonchev–Trinajstić information content (AvgIpc) is 3.09. The largest absolute Gasteiger partial charge is 0.444 e. The van der Waals surface area contributed by atoms with Crippen molar-refractivity contribution in [1.82, 2.24) is 15.3 Å². The molecule has 11 heteroatoms. The molecule has 1 aliphatic heterocycles. The van der Waals surface area contributed by atoms with E-state index in [1.807, 2.05) is 0 Å². The third-order valence-corrected chi connectivity index (χ3v) is 5.25. The van der Waals surface area contributed by atoms with Gasteiger partial charge in [0.25, 0.3) is 0 Å². The van der Waals surface area contributed by atoms with Gasteiger partial charge in [-0.05, 0) is 32.9 Å². The van der Waals surface area contributed by atoms with Gasteiger partial charge in [-0.2, -0.15) is 0 Å². The van der Waals surface area contributed by atoms with E-state index in [2.05, 4.69) is 20.6 Å². The maximum absolute atomic E-state index is 12.8. The summed E-state index contributed by atoms with van der Waals surface area (Å²) in [5.74, 6) is -1.29. The van der Waals surface area contributed by atoms with Crippen molar-refractivity contribution in [3.8, 4) is 0 Å². The number of hydrogen-bond donors (Lipinski definition) is 2. The van der Waals surface area contributed by atoms with Crippen molar-refractivity contribution < 1.29 is 28.7 Å². The van der Waals surface area contributed by atoms with Crippen LogP contribution >= 0.6 is 11.3 Å². The molecular weight excluding hydrogens is 436 g/mol. The highest BCUT2D eigenvalue weighted by Gasteiger charge is 2.37. The lowest BCUT2D eigenvalue weighted by Gasteiger charge is -2.20. The molecule has 2 amide bonds. The highest BCUT2D eigenvalue weighted by atomic mass is 32.1. The molecule has 1 unspecified atom stereocenters. The van der Waals surface area contributed by atoms with E-state index in [4.69, 9.17) is 9.47 Å². The summed E-state index contributed by atoms with van der Waals surface area (Å²) in [7, 11) is 0. The molecule has 0 radical (unpaired) electrons. The molecule has 1 aliphatic rings. The number of carbonyl (C=O) groups excluding carboxylic acids is 4. The molecule has 10 nitrogen and oxygen atoms in total. The zero-order valence-electron chi connectivity index (χ0n) is 18.2. The highest BCUT2D eigenvalue weighted by Crippen LogP contribution is 2.30. The number of nitrogens with one attached hydrogen (secondary N) is 2. The Morgan fingerprint density at radius 2 is 2.03 bits per heavy atom. The van der Waals surface area contributed by atoms with E-state index in [0.29, 0.717) is 34.4 Å². The van der Waals surface area contributed by atoms with Gasteiger partial charge in [-0.1, -0.05) is 11.3 Å². The number of carbonyl (C=O) groups is 4. The molecule has 2 aromatic rings. The Bertz CT molecular complexity index is 1040. The van der Waals surface area contributed by atoms with E-state index in [9.17, 15) is 19.2 Å². The number of anilines is 1. The second-order valence-corrected chi connectivity index (χ2v) is 9.11. The van der Waals surface area contributed by atoms with Crippen LogP contribution in [0.25, 0.3) is 0 Å². The summed E-state index contributed by atoms with van der Waals surface area (Å²) in [6.45, 7) is 7.00. The molecule has 0 fully saturated rings. The van der Waals surface area contributed by atoms with Crippen molar-refractivity contribution in [2.45, 2.75) is 52.4 Å². The number of amides is 2. The molecule has 0 aromatic carbocycles. The normalized spacial score (nSPS) is 15.6. The van der Waals surface area contributed by atoms with Gasteiger partial charge in [0, 0.05) is 37.3 Å². The number of pyridine rings is 1. The van der Waals surface area contributed by atoms with Crippen molar-refractivity contribution in [3.05, 3.63) is 40.2 Å². The Hall–Kier alpha value is -3.18. The minimum atomic E-state index is -1.28. The first-order chi connectivity index (χ1) is 15.0. The minimum absolute atomic E-state index is 0.00455. The lowest BCUT2D eigenvalue weighted by molar-refractivity contribution is -0.114. The maximum atomic E-state index is 12.8. The molecule has 1 atom stereocenters. The molecule has 2 aromatic heterocycles. The summed E-state index contributed by atoms with van der Waals surface area (Å²) in [4.78, 5) is 57.1. The van der Waals surface area contributed by atoms with Gasteiger partial charge in [-0.3, -0.25) is 19.4 Å². The van der Waals surface area contributed by atoms with Gasteiger partial charge in [0.05, 0.1) is 12.3 Å². The Morgan fingerprint density at radius 3 is 2.66 bits per heavy atom. The van der Waals surface area contributed by atoms with E-state index in [0.717, 1.165) is 11.3 Å². The average molecular weight is 461 g/mol. The summed E-state index contributed by atoms with van der Waals surface area (Å²) in [6.07, 6.45) is 0.0334. The third-order valence-electron chi connectivity index (χ3n) is 4.23. The fourth-order valence-corrected chi connectivity index (χ4v) is 3.85. The highest BCUT2D eigenvalue weighted by molar-refractivity contribution is 7.17. The Balaban J connectivity index is 1.59. The number of nitrogens with zero attached hydrogens (tertiary/aromatic N) is 2. The predicted molar refractivity (Wildman–Crippen MR) is 116 cm³/mol. The van der Waals surface area contributed by atoms with Crippen LogP contribution in [0.3, 0.4) is 0 Å². The van der Waals surface area contributed by atoms with Gasteiger partial charge < -0.3 is 20.1 Å².